The molecule has 0 saturated carbocycles. The Labute approximate surface area is 304 Å². The van der Waals surface area contributed by atoms with Crippen molar-refractivity contribution in [2.45, 2.75) is 213 Å². The Morgan fingerprint density at radius 1 is 0.333 bits per heavy atom. The van der Waals surface area contributed by atoms with Gasteiger partial charge in [-0.05, 0) is 38.9 Å². The Bertz CT molecular complexity index is 566. The zero-order valence-electron chi connectivity index (χ0n) is 33.8. The molecule has 1 saturated heterocycles. The minimum absolute atomic E-state index is 1.17. The quantitative estimate of drug-likeness (QED) is 0.0654. The molecule has 0 radical (unpaired) electrons. The SMILES string of the molecule is CCCCCCCCCCCCNCCN1CCN(CCN(CCCCCCCCCCCC)CCCCCCCCCCCC)CC1. The average Bonchev–Trinajstić information content (AvgIpc) is 3.11. The summed E-state index contributed by atoms with van der Waals surface area (Å²) in [5.74, 6) is 0. The molecule has 0 bridgehead atoms. The van der Waals surface area contributed by atoms with Crippen molar-refractivity contribution in [1.82, 2.24) is 20.0 Å². The number of hydrogen-bond donors (Lipinski definition) is 1. The van der Waals surface area contributed by atoms with Crippen LogP contribution in [0.3, 0.4) is 0 Å². The third kappa shape index (κ3) is 31.8. The Hall–Kier alpha value is -0.160. The molecule has 0 aliphatic carbocycles. The molecular formula is C44H92N4. The zero-order valence-corrected chi connectivity index (χ0v) is 33.8. The van der Waals surface area contributed by atoms with Gasteiger partial charge in [0, 0.05) is 52.4 Å². The first-order chi connectivity index (χ1) is 23.8. The molecular weight excluding hydrogens is 585 g/mol. The van der Waals surface area contributed by atoms with Gasteiger partial charge in [-0.25, -0.2) is 0 Å². The number of unbranched alkanes of at least 4 members (excludes halogenated alkanes) is 27. The first-order valence-corrected chi connectivity index (χ1v) is 22.7. The molecule has 1 heterocycles. The fourth-order valence-electron chi connectivity index (χ4n) is 7.60. The molecule has 1 aliphatic rings. The standard InChI is InChI=1S/C44H92N4/c1-4-7-10-13-16-19-22-25-28-31-34-45-35-38-47-40-43-48(44-41-47)42-39-46(36-32-29-26-23-20-17-14-11-8-5-2)37-33-30-27-24-21-18-15-12-9-6-3/h45H,4-44H2,1-3H3. The van der Waals surface area contributed by atoms with E-state index in [0.29, 0.717) is 0 Å². The van der Waals surface area contributed by atoms with Crippen molar-refractivity contribution in [3.05, 3.63) is 0 Å². The maximum absolute atomic E-state index is 3.74. The second-order valence-electron chi connectivity index (χ2n) is 15.8. The third-order valence-corrected chi connectivity index (χ3v) is 11.2. The maximum Gasteiger partial charge on any atom is 0.0110 e. The highest BCUT2D eigenvalue weighted by Gasteiger charge is 2.17. The van der Waals surface area contributed by atoms with Crippen LogP contribution in [-0.2, 0) is 0 Å². The van der Waals surface area contributed by atoms with E-state index in [4.69, 9.17) is 0 Å². The molecule has 288 valence electrons. The molecule has 0 spiro atoms. The normalized spacial score (nSPS) is 14.5. The summed E-state index contributed by atoms with van der Waals surface area (Å²) in [6.45, 7) is 20.8. The van der Waals surface area contributed by atoms with Crippen LogP contribution in [-0.4, -0.2) is 86.7 Å². The zero-order chi connectivity index (χ0) is 34.4. The molecule has 0 atom stereocenters. The largest absolute Gasteiger partial charge is 0.315 e. The van der Waals surface area contributed by atoms with E-state index in [9.17, 15) is 0 Å². The van der Waals surface area contributed by atoms with E-state index in [0.717, 1.165) is 0 Å². The van der Waals surface area contributed by atoms with Gasteiger partial charge in [0.2, 0.25) is 0 Å². The number of rotatable bonds is 39. The molecule has 48 heavy (non-hydrogen) atoms. The Balaban J connectivity index is 2.14. The van der Waals surface area contributed by atoms with E-state index >= 15 is 0 Å². The fraction of sp³-hybridized carbons (Fsp3) is 1.00. The molecule has 0 aromatic carbocycles. The Kier molecular flexibility index (Phi) is 36.4. The van der Waals surface area contributed by atoms with Crippen molar-refractivity contribution in [3.63, 3.8) is 0 Å². The molecule has 0 amide bonds. The Morgan fingerprint density at radius 2 is 0.646 bits per heavy atom. The number of nitrogens with one attached hydrogen (secondary N) is 1. The maximum atomic E-state index is 3.74. The van der Waals surface area contributed by atoms with E-state index < -0.39 is 0 Å². The van der Waals surface area contributed by atoms with Gasteiger partial charge >= 0.3 is 0 Å². The topological polar surface area (TPSA) is 21.8 Å². The molecule has 1 fully saturated rings. The Morgan fingerprint density at radius 3 is 1.02 bits per heavy atom. The van der Waals surface area contributed by atoms with Gasteiger partial charge in [-0.15, -0.1) is 0 Å². The van der Waals surface area contributed by atoms with Gasteiger partial charge < -0.3 is 10.2 Å². The average molecular weight is 677 g/mol. The fourth-order valence-corrected chi connectivity index (χ4v) is 7.60. The van der Waals surface area contributed by atoms with E-state index in [-0.39, 0.29) is 0 Å². The lowest BCUT2D eigenvalue weighted by Gasteiger charge is -2.36. The summed E-state index contributed by atoms with van der Waals surface area (Å²) in [5.41, 5.74) is 0. The van der Waals surface area contributed by atoms with E-state index in [1.54, 1.807) is 0 Å². The van der Waals surface area contributed by atoms with Crippen LogP contribution in [0.2, 0.25) is 0 Å². The lowest BCUT2D eigenvalue weighted by molar-refractivity contribution is 0.118. The number of nitrogens with zero attached hydrogens (tertiary/aromatic N) is 3. The summed E-state index contributed by atoms with van der Waals surface area (Å²) < 4.78 is 0. The summed E-state index contributed by atoms with van der Waals surface area (Å²) in [7, 11) is 0. The van der Waals surface area contributed by atoms with E-state index in [1.165, 1.54) is 265 Å². The van der Waals surface area contributed by atoms with Gasteiger partial charge in [-0.1, -0.05) is 194 Å². The van der Waals surface area contributed by atoms with Crippen LogP contribution in [0.1, 0.15) is 213 Å². The van der Waals surface area contributed by atoms with E-state index in [2.05, 4.69) is 40.8 Å². The van der Waals surface area contributed by atoms with Crippen molar-refractivity contribution in [2.75, 3.05) is 72.0 Å². The second kappa shape index (κ2) is 38.1. The van der Waals surface area contributed by atoms with Gasteiger partial charge in [0.1, 0.15) is 0 Å². The smallest absolute Gasteiger partial charge is 0.0110 e. The number of hydrogen-bond acceptors (Lipinski definition) is 4. The molecule has 0 aromatic rings. The lowest BCUT2D eigenvalue weighted by Crippen LogP contribution is -2.49. The number of piperazine rings is 1. The van der Waals surface area contributed by atoms with Gasteiger partial charge in [-0.2, -0.15) is 0 Å². The summed E-state index contributed by atoms with van der Waals surface area (Å²) in [6.07, 6.45) is 43.1. The predicted octanol–water partition coefficient (Wildman–Crippen LogP) is 12.3. The molecule has 1 rings (SSSR count). The van der Waals surface area contributed by atoms with Gasteiger partial charge in [0.15, 0.2) is 0 Å². The highest BCUT2D eigenvalue weighted by molar-refractivity contribution is 4.74. The minimum atomic E-state index is 1.17. The van der Waals surface area contributed by atoms with Crippen LogP contribution in [0.25, 0.3) is 0 Å². The van der Waals surface area contributed by atoms with Crippen molar-refractivity contribution in [1.29, 1.82) is 0 Å². The summed E-state index contributed by atoms with van der Waals surface area (Å²) >= 11 is 0. The van der Waals surface area contributed by atoms with Gasteiger partial charge in [0.25, 0.3) is 0 Å². The monoisotopic (exact) mass is 677 g/mol. The third-order valence-electron chi connectivity index (χ3n) is 11.2. The van der Waals surface area contributed by atoms with Crippen LogP contribution >= 0.6 is 0 Å². The van der Waals surface area contributed by atoms with Crippen LogP contribution in [0.15, 0.2) is 0 Å². The van der Waals surface area contributed by atoms with Crippen LogP contribution in [0, 0.1) is 0 Å². The van der Waals surface area contributed by atoms with E-state index in [1.807, 2.05) is 0 Å². The second-order valence-corrected chi connectivity index (χ2v) is 15.8. The molecule has 4 nitrogen and oxygen atoms in total. The van der Waals surface area contributed by atoms with Crippen LogP contribution < -0.4 is 5.32 Å². The van der Waals surface area contributed by atoms with Crippen molar-refractivity contribution in [3.8, 4) is 0 Å². The van der Waals surface area contributed by atoms with Crippen LogP contribution in [0.4, 0.5) is 0 Å². The van der Waals surface area contributed by atoms with Crippen molar-refractivity contribution in [2.24, 2.45) is 0 Å². The highest BCUT2D eigenvalue weighted by atomic mass is 15.3. The minimum Gasteiger partial charge on any atom is -0.315 e. The molecule has 0 aromatic heterocycles. The van der Waals surface area contributed by atoms with Crippen molar-refractivity contribution < 1.29 is 0 Å². The summed E-state index contributed by atoms with van der Waals surface area (Å²) in [5, 5.41) is 3.74. The first-order valence-electron chi connectivity index (χ1n) is 22.7. The van der Waals surface area contributed by atoms with Crippen LogP contribution in [0.5, 0.6) is 0 Å². The molecule has 1 aliphatic heterocycles. The summed E-state index contributed by atoms with van der Waals surface area (Å²) in [4.78, 5) is 8.31. The van der Waals surface area contributed by atoms with Crippen molar-refractivity contribution >= 4 is 0 Å². The van der Waals surface area contributed by atoms with Gasteiger partial charge in [-0.3, -0.25) is 9.80 Å². The molecule has 4 heteroatoms. The molecule has 0 unspecified atom stereocenters. The van der Waals surface area contributed by atoms with Gasteiger partial charge in [0.05, 0.1) is 0 Å². The summed E-state index contributed by atoms with van der Waals surface area (Å²) in [6, 6.07) is 0. The predicted molar refractivity (Wildman–Crippen MR) is 218 cm³/mol. The molecule has 1 N–H and O–H groups in total. The highest BCUT2D eigenvalue weighted by Crippen LogP contribution is 2.14. The first kappa shape index (κ1) is 45.9. The lowest BCUT2D eigenvalue weighted by atomic mass is 10.1.